The molecule has 0 aromatic heterocycles. The number of likely N-dealkylation sites (tertiary alicyclic amines) is 1. The van der Waals surface area contributed by atoms with Gasteiger partial charge in [-0.05, 0) is 25.0 Å². The maximum Gasteiger partial charge on any atom is 0.317 e. The first-order valence-corrected chi connectivity index (χ1v) is 8.24. The molecule has 0 radical (unpaired) electrons. The normalized spacial score (nSPS) is 23.4. The topological polar surface area (TPSA) is 82.1 Å². The van der Waals surface area contributed by atoms with Crippen LogP contribution in [0.4, 0.5) is 10.5 Å². The number of para-hydroxylation sites is 2. The predicted molar refractivity (Wildman–Crippen MR) is 89.5 cm³/mol. The molecule has 0 bridgehead atoms. The Balaban J connectivity index is 1.55. The lowest BCUT2D eigenvalue weighted by Gasteiger charge is -2.23. The largest absolute Gasteiger partial charge is 0.495 e. The Morgan fingerprint density at radius 1 is 1.21 bits per heavy atom. The van der Waals surface area contributed by atoms with Gasteiger partial charge in [0.05, 0.1) is 18.7 Å². The summed E-state index contributed by atoms with van der Waals surface area (Å²) in [6.45, 7) is 2.38. The molecule has 1 aromatic rings. The van der Waals surface area contributed by atoms with Gasteiger partial charge < -0.3 is 25.0 Å². The van der Waals surface area contributed by atoms with Gasteiger partial charge in [0.1, 0.15) is 5.75 Å². The van der Waals surface area contributed by atoms with Crippen LogP contribution in [0.5, 0.6) is 5.75 Å². The molecule has 130 valence electrons. The number of nitrogens with zero attached hydrogens (tertiary/aromatic N) is 2. The highest BCUT2D eigenvalue weighted by atomic mass is 16.5. The van der Waals surface area contributed by atoms with Crippen molar-refractivity contribution in [2.24, 2.45) is 5.92 Å². The van der Waals surface area contributed by atoms with E-state index in [1.54, 1.807) is 12.0 Å². The predicted octanol–water partition coefficient (Wildman–Crippen LogP) is 1.39. The Labute approximate surface area is 141 Å². The summed E-state index contributed by atoms with van der Waals surface area (Å²) >= 11 is 0. The molecule has 2 heterocycles. The fourth-order valence-electron chi connectivity index (χ4n) is 3.40. The van der Waals surface area contributed by atoms with Crippen LogP contribution in [0.2, 0.25) is 0 Å². The molecule has 2 atom stereocenters. The van der Waals surface area contributed by atoms with Crippen molar-refractivity contribution in [2.45, 2.75) is 18.9 Å². The van der Waals surface area contributed by atoms with E-state index in [0.717, 1.165) is 30.9 Å². The average molecular weight is 333 g/mol. The van der Waals surface area contributed by atoms with Crippen molar-refractivity contribution in [2.75, 3.05) is 38.2 Å². The molecule has 0 spiro atoms. The fraction of sp³-hybridized carbons (Fsp3) is 0.529. The number of hydrogen-bond donors (Lipinski definition) is 2. The molecule has 2 fully saturated rings. The molecule has 2 aliphatic rings. The number of anilines is 1. The molecule has 7 nitrogen and oxygen atoms in total. The standard InChI is InChI=1S/C17H23N3O4/c1-24-15-5-3-2-4-14(15)19-9-7-13(11-19)18-17(23)20-8-6-12(10-20)16(21)22/h2-5,12-13H,6-11H2,1H3,(H,18,23)(H,21,22). The van der Waals surface area contributed by atoms with Crippen LogP contribution in [0.15, 0.2) is 24.3 Å². The van der Waals surface area contributed by atoms with Crippen LogP contribution in [0.25, 0.3) is 0 Å². The third-order valence-corrected chi connectivity index (χ3v) is 4.77. The average Bonchev–Trinajstić information content (AvgIpc) is 3.24. The van der Waals surface area contributed by atoms with E-state index in [4.69, 9.17) is 9.84 Å². The van der Waals surface area contributed by atoms with Crippen molar-refractivity contribution in [3.8, 4) is 5.75 Å². The minimum Gasteiger partial charge on any atom is -0.495 e. The van der Waals surface area contributed by atoms with Gasteiger partial charge in [0, 0.05) is 32.2 Å². The van der Waals surface area contributed by atoms with Crippen LogP contribution in [-0.4, -0.2) is 61.3 Å². The molecule has 1 aromatic carbocycles. The highest BCUT2D eigenvalue weighted by Crippen LogP contribution is 2.30. The molecule has 2 amide bonds. The van der Waals surface area contributed by atoms with Gasteiger partial charge in [0.2, 0.25) is 0 Å². The fourth-order valence-corrected chi connectivity index (χ4v) is 3.40. The molecule has 2 saturated heterocycles. The van der Waals surface area contributed by atoms with Crippen molar-refractivity contribution < 1.29 is 19.4 Å². The molecule has 24 heavy (non-hydrogen) atoms. The molecule has 2 unspecified atom stereocenters. The smallest absolute Gasteiger partial charge is 0.317 e. The second-order valence-corrected chi connectivity index (χ2v) is 6.32. The van der Waals surface area contributed by atoms with Crippen LogP contribution in [-0.2, 0) is 4.79 Å². The zero-order valence-corrected chi connectivity index (χ0v) is 13.8. The quantitative estimate of drug-likeness (QED) is 0.870. The Morgan fingerprint density at radius 2 is 2.00 bits per heavy atom. The van der Waals surface area contributed by atoms with Gasteiger partial charge in [0.25, 0.3) is 0 Å². The summed E-state index contributed by atoms with van der Waals surface area (Å²) in [4.78, 5) is 27.1. The van der Waals surface area contributed by atoms with E-state index in [-0.39, 0.29) is 12.1 Å². The first kappa shape index (κ1) is 16.4. The summed E-state index contributed by atoms with van der Waals surface area (Å²) in [7, 11) is 1.65. The van der Waals surface area contributed by atoms with Gasteiger partial charge in [-0.25, -0.2) is 4.79 Å². The first-order valence-electron chi connectivity index (χ1n) is 8.24. The number of nitrogens with one attached hydrogen (secondary N) is 1. The van der Waals surface area contributed by atoms with E-state index >= 15 is 0 Å². The third-order valence-electron chi connectivity index (χ3n) is 4.77. The summed E-state index contributed by atoms with van der Waals surface area (Å²) < 4.78 is 5.40. The molecule has 0 saturated carbocycles. The number of benzene rings is 1. The number of methoxy groups -OCH3 is 1. The van der Waals surface area contributed by atoms with E-state index in [9.17, 15) is 9.59 Å². The second-order valence-electron chi connectivity index (χ2n) is 6.32. The SMILES string of the molecule is COc1ccccc1N1CCC(NC(=O)N2CCC(C(=O)O)C2)C1. The van der Waals surface area contributed by atoms with E-state index in [1.165, 1.54) is 0 Å². The van der Waals surface area contributed by atoms with Crippen molar-refractivity contribution >= 4 is 17.7 Å². The maximum atomic E-state index is 12.3. The number of rotatable bonds is 4. The van der Waals surface area contributed by atoms with Crippen molar-refractivity contribution in [1.29, 1.82) is 0 Å². The Kier molecular flexibility index (Phi) is 4.78. The Morgan fingerprint density at radius 3 is 2.71 bits per heavy atom. The van der Waals surface area contributed by atoms with Gasteiger partial charge in [-0.2, -0.15) is 0 Å². The van der Waals surface area contributed by atoms with Gasteiger partial charge in [-0.3, -0.25) is 4.79 Å². The van der Waals surface area contributed by atoms with Crippen LogP contribution in [0.3, 0.4) is 0 Å². The number of carbonyl (C=O) groups excluding carboxylic acids is 1. The van der Waals surface area contributed by atoms with Crippen LogP contribution in [0, 0.1) is 5.92 Å². The van der Waals surface area contributed by atoms with Crippen LogP contribution in [0.1, 0.15) is 12.8 Å². The van der Waals surface area contributed by atoms with Crippen LogP contribution >= 0.6 is 0 Å². The number of carboxylic acid groups (broad SMARTS) is 1. The monoisotopic (exact) mass is 333 g/mol. The van der Waals surface area contributed by atoms with Gasteiger partial charge >= 0.3 is 12.0 Å². The summed E-state index contributed by atoms with van der Waals surface area (Å²) in [5.41, 5.74) is 1.03. The lowest BCUT2D eigenvalue weighted by molar-refractivity contribution is -0.141. The number of amides is 2. The number of carboxylic acids is 1. The minimum absolute atomic E-state index is 0.0614. The highest BCUT2D eigenvalue weighted by molar-refractivity contribution is 5.77. The van der Waals surface area contributed by atoms with E-state index in [0.29, 0.717) is 19.5 Å². The molecule has 3 rings (SSSR count). The van der Waals surface area contributed by atoms with Crippen LogP contribution < -0.4 is 15.0 Å². The van der Waals surface area contributed by atoms with E-state index < -0.39 is 11.9 Å². The molecule has 7 heteroatoms. The van der Waals surface area contributed by atoms with Crippen molar-refractivity contribution in [3.05, 3.63) is 24.3 Å². The summed E-state index contributed by atoms with van der Waals surface area (Å²) in [6, 6.07) is 7.75. The minimum atomic E-state index is -0.825. The van der Waals surface area contributed by atoms with Gasteiger partial charge in [-0.1, -0.05) is 12.1 Å². The summed E-state index contributed by atoms with van der Waals surface area (Å²) in [6.07, 6.45) is 1.39. The van der Waals surface area contributed by atoms with E-state index in [1.807, 2.05) is 24.3 Å². The number of carbonyl (C=O) groups is 2. The number of ether oxygens (including phenoxy) is 1. The summed E-state index contributed by atoms with van der Waals surface area (Å²) in [5, 5.41) is 12.1. The second kappa shape index (κ2) is 6.98. The Hall–Kier alpha value is -2.44. The zero-order valence-electron chi connectivity index (χ0n) is 13.8. The molecule has 2 aliphatic heterocycles. The van der Waals surface area contributed by atoms with Gasteiger partial charge in [-0.15, -0.1) is 0 Å². The molecule has 2 N–H and O–H groups in total. The summed E-state index contributed by atoms with van der Waals surface area (Å²) in [5.74, 6) is -0.439. The van der Waals surface area contributed by atoms with Gasteiger partial charge in [0.15, 0.2) is 0 Å². The zero-order chi connectivity index (χ0) is 17.1. The van der Waals surface area contributed by atoms with E-state index in [2.05, 4.69) is 10.2 Å². The number of urea groups is 1. The lowest BCUT2D eigenvalue weighted by atomic mass is 10.1. The third kappa shape index (κ3) is 3.39. The van der Waals surface area contributed by atoms with Crippen molar-refractivity contribution in [3.63, 3.8) is 0 Å². The maximum absolute atomic E-state index is 12.3. The molecular formula is C17H23N3O4. The van der Waals surface area contributed by atoms with Crippen molar-refractivity contribution in [1.82, 2.24) is 10.2 Å². The molecule has 0 aliphatic carbocycles. The first-order chi connectivity index (χ1) is 11.6. The lowest BCUT2D eigenvalue weighted by Crippen LogP contribution is -2.45. The highest BCUT2D eigenvalue weighted by Gasteiger charge is 2.33. The molecular weight excluding hydrogens is 310 g/mol. The number of aliphatic carboxylic acids is 1. The number of hydrogen-bond acceptors (Lipinski definition) is 4. The Bertz CT molecular complexity index is 622.